The zero-order valence-corrected chi connectivity index (χ0v) is 11.7. The highest BCUT2D eigenvalue weighted by Gasteiger charge is 2.53. The van der Waals surface area contributed by atoms with Crippen molar-refractivity contribution in [1.82, 2.24) is 4.98 Å². The first kappa shape index (κ1) is 13.7. The summed E-state index contributed by atoms with van der Waals surface area (Å²) in [6.45, 7) is 1.59. The van der Waals surface area contributed by atoms with E-state index in [0.717, 1.165) is 17.3 Å². The van der Waals surface area contributed by atoms with Crippen LogP contribution in [0.2, 0.25) is 0 Å². The van der Waals surface area contributed by atoms with Crippen molar-refractivity contribution in [2.75, 3.05) is 0 Å². The maximum atomic E-state index is 13.0. The third-order valence-corrected chi connectivity index (χ3v) is 4.47. The Morgan fingerprint density at radius 2 is 1.86 bits per heavy atom. The van der Waals surface area contributed by atoms with Crippen LogP contribution in [0.5, 0.6) is 0 Å². The Morgan fingerprint density at radius 1 is 1.24 bits per heavy atom. The van der Waals surface area contributed by atoms with Crippen LogP contribution in [-0.4, -0.2) is 10.1 Å². The first-order valence-corrected chi connectivity index (χ1v) is 6.81. The van der Waals surface area contributed by atoms with Gasteiger partial charge in [0.05, 0.1) is 23.4 Å². The first-order valence-electron chi connectivity index (χ1n) is 6.81. The highest BCUT2D eigenvalue weighted by atomic mass is 19.1. The third kappa shape index (κ3) is 2.01. The van der Waals surface area contributed by atoms with Gasteiger partial charge in [0.1, 0.15) is 11.4 Å². The molecular formula is C17H15FN2O. The second-order valence-electron chi connectivity index (χ2n) is 5.75. The Morgan fingerprint density at radius 3 is 2.33 bits per heavy atom. The van der Waals surface area contributed by atoms with E-state index in [-0.39, 0.29) is 0 Å². The van der Waals surface area contributed by atoms with Crippen LogP contribution in [-0.2, 0) is 18.4 Å². The SMILES string of the molecule is CC(O)(c1ccc(F)cn1)C1(C#N)Cc2ccccc2C1. The molecule has 0 aliphatic heterocycles. The van der Waals surface area contributed by atoms with E-state index in [1.165, 1.54) is 12.1 Å². The van der Waals surface area contributed by atoms with Crippen molar-refractivity contribution in [3.05, 3.63) is 65.2 Å². The lowest BCUT2D eigenvalue weighted by molar-refractivity contribution is -0.0443. The molecule has 3 rings (SSSR count). The van der Waals surface area contributed by atoms with Crippen molar-refractivity contribution in [3.63, 3.8) is 0 Å². The average Bonchev–Trinajstić information content (AvgIpc) is 2.88. The van der Waals surface area contributed by atoms with Crippen LogP contribution in [0.25, 0.3) is 0 Å². The molecule has 0 radical (unpaired) electrons. The largest absolute Gasteiger partial charge is 0.382 e. The van der Waals surface area contributed by atoms with E-state index in [9.17, 15) is 14.8 Å². The quantitative estimate of drug-likeness (QED) is 0.921. The minimum absolute atomic E-state index is 0.318. The van der Waals surface area contributed by atoms with Crippen LogP contribution in [0, 0.1) is 22.6 Å². The van der Waals surface area contributed by atoms with Crippen LogP contribution in [0.1, 0.15) is 23.7 Å². The molecule has 0 saturated heterocycles. The topological polar surface area (TPSA) is 56.9 Å². The van der Waals surface area contributed by atoms with E-state index < -0.39 is 16.8 Å². The summed E-state index contributed by atoms with van der Waals surface area (Å²) in [5, 5.41) is 20.7. The van der Waals surface area contributed by atoms with Crippen LogP contribution in [0.3, 0.4) is 0 Å². The monoisotopic (exact) mass is 282 g/mol. The maximum absolute atomic E-state index is 13.0. The highest BCUT2D eigenvalue weighted by Crippen LogP contribution is 2.48. The molecule has 4 heteroatoms. The fourth-order valence-electron chi connectivity index (χ4n) is 3.06. The van der Waals surface area contributed by atoms with Crippen LogP contribution in [0.15, 0.2) is 42.6 Å². The minimum Gasteiger partial charge on any atom is -0.382 e. The van der Waals surface area contributed by atoms with Gasteiger partial charge in [-0.25, -0.2) is 4.39 Å². The summed E-state index contributed by atoms with van der Waals surface area (Å²) in [4.78, 5) is 3.97. The maximum Gasteiger partial charge on any atom is 0.141 e. The number of fused-ring (bicyclic) bond motifs is 1. The van der Waals surface area contributed by atoms with E-state index in [1.807, 2.05) is 24.3 Å². The van der Waals surface area contributed by atoms with Crippen molar-refractivity contribution in [2.45, 2.75) is 25.4 Å². The number of hydrogen-bond acceptors (Lipinski definition) is 3. The third-order valence-electron chi connectivity index (χ3n) is 4.47. The van der Waals surface area contributed by atoms with E-state index in [2.05, 4.69) is 11.1 Å². The summed E-state index contributed by atoms with van der Waals surface area (Å²) in [7, 11) is 0. The van der Waals surface area contributed by atoms with Gasteiger partial charge in [0.2, 0.25) is 0 Å². The normalized spacial score (nSPS) is 18.6. The summed E-state index contributed by atoms with van der Waals surface area (Å²) in [6, 6.07) is 12.8. The summed E-state index contributed by atoms with van der Waals surface area (Å²) in [5.41, 5.74) is 0.0248. The molecule has 0 bridgehead atoms. The lowest BCUT2D eigenvalue weighted by Gasteiger charge is -2.36. The van der Waals surface area contributed by atoms with Gasteiger partial charge in [0, 0.05) is 0 Å². The van der Waals surface area contributed by atoms with Gasteiger partial charge in [-0.05, 0) is 43.0 Å². The fraction of sp³-hybridized carbons (Fsp3) is 0.294. The molecule has 1 aliphatic carbocycles. The molecule has 1 atom stereocenters. The van der Waals surface area contributed by atoms with Gasteiger partial charge in [-0.15, -0.1) is 0 Å². The lowest BCUT2D eigenvalue weighted by atomic mass is 9.69. The molecule has 1 aromatic carbocycles. The average molecular weight is 282 g/mol. The molecule has 1 aliphatic rings. The van der Waals surface area contributed by atoms with Gasteiger partial charge >= 0.3 is 0 Å². The number of halogens is 1. The molecule has 1 N–H and O–H groups in total. The molecule has 0 amide bonds. The van der Waals surface area contributed by atoms with Gasteiger partial charge in [-0.2, -0.15) is 5.26 Å². The second kappa shape index (κ2) is 4.64. The molecule has 3 nitrogen and oxygen atoms in total. The van der Waals surface area contributed by atoms with Crippen LogP contribution < -0.4 is 0 Å². The summed E-state index contributed by atoms with van der Waals surface area (Å²) in [5.74, 6) is -0.463. The molecule has 21 heavy (non-hydrogen) atoms. The number of aliphatic hydroxyl groups is 1. The molecule has 1 aromatic heterocycles. The van der Waals surface area contributed by atoms with Gasteiger partial charge < -0.3 is 5.11 Å². The zero-order chi connectivity index (χ0) is 15.1. The second-order valence-corrected chi connectivity index (χ2v) is 5.75. The van der Waals surface area contributed by atoms with Gasteiger partial charge in [-0.1, -0.05) is 24.3 Å². The van der Waals surface area contributed by atoms with E-state index in [1.54, 1.807) is 6.92 Å². The summed E-state index contributed by atoms with van der Waals surface area (Å²) < 4.78 is 13.0. The van der Waals surface area contributed by atoms with Gasteiger partial charge in [0.15, 0.2) is 0 Å². The van der Waals surface area contributed by atoms with Crippen LogP contribution in [0.4, 0.5) is 4.39 Å². The van der Waals surface area contributed by atoms with Crippen molar-refractivity contribution in [2.24, 2.45) is 5.41 Å². The fourth-order valence-corrected chi connectivity index (χ4v) is 3.06. The van der Waals surface area contributed by atoms with Crippen LogP contribution >= 0.6 is 0 Å². The summed E-state index contributed by atoms with van der Waals surface area (Å²) in [6.07, 6.45) is 1.99. The van der Waals surface area contributed by atoms with Gasteiger partial charge in [0.25, 0.3) is 0 Å². The Hall–Kier alpha value is -2.25. The zero-order valence-electron chi connectivity index (χ0n) is 11.7. The standard InChI is InChI=1S/C17H15FN2O/c1-16(21,15-7-6-14(18)10-20-15)17(11-19)8-12-4-2-3-5-13(12)9-17/h2-7,10,21H,8-9H2,1H3. The van der Waals surface area contributed by atoms with Crippen molar-refractivity contribution < 1.29 is 9.50 Å². The molecule has 0 spiro atoms. The first-order chi connectivity index (χ1) is 9.98. The van der Waals surface area contributed by atoms with Crippen molar-refractivity contribution >= 4 is 0 Å². The predicted octanol–water partition coefficient (Wildman–Crippen LogP) is 2.74. The molecule has 0 saturated carbocycles. The minimum atomic E-state index is -1.45. The van der Waals surface area contributed by atoms with Crippen molar-refractivity contribution in [1.29, 1.82) is 5.26 Å². The predicted molar refractivity (Wildman–Crippen MR) is 75.7 cm³/mol. The Labute approximate surface area is 122 Å². The molecule has 2 aromatic rings. The number of aromatic nitrogens is 1. The Balaban J connectivity index is 2.05. The van der Waals surface area contributed by atoms with E-state index in [4.69, 9.17) is 0 Å². The number of pyridine rings is 1. The molecule has 1 heterocycles. The number of nitriles is 1. The number of hydrogen-bond donors (Lipinski definition) is 1. The Kier molecular flexibility index (Phi) is 3.03. The lowest BCUT2D eigenvalue weighted by Crippen LogP contribution is -2.44. The number of rotatable bonds is 2. The molecular weight excluding hydrogens is 267 g/mol. The van der Waals surface area contributed by atoms with E-state index >= 15 is 0 Å². The number of nitrogens with zero attached hydrogens (tertiary/aromatic N) is 2. The van der Waals surface area contributed by atoms with Crippen molar-refractivity contribution in [3.8, 4) is 6.07 Å². The molecule has 1 unspecified atom stereocenters. The smallest absolute Gasteiger partial charge is 0.141 e. The molecule has 0 fully saturated rings. The highest BCUT2D eigenvalue weighted by molar-refractivity contribution is 5.40. The van der Waals surface area contributed by atoms with E-state index in [0.29, 0.717) is 18.5 Å². The Bertz CT molecular complexity index is 691. The number of benzene rings is 1. The van der Waals surface area contributed by atoms with Gasteiger partial charge in [-0.3, -0.25) is 4.98 Å². The molecule has 106 valence electrons. The summed E-state index contributed by atoms with van der Waals surface area (Å²) >= 11 is 0.